The van der Waals surface area contributed by atoms with E-state index in [4.69, 9.17) is 4.74 Å². The predicted molar refractivity (Wildman–Crippen MR) is 108 cm³/mol. The monoisotopic (exact) mass is 417 g/mol. The number of morpholine rings is 1. The van der Waals surface area contributed by atoms with E-state index in [2.05, 4.69) is 10.3 Å². The average molecular weight is 418 g/mol. The Morgan fingerprint density at radius 1 is 1.14 bits per heavy atom. The minimum absolute atomic E-state index is 0.161. The zero-order valence-corrected chi connectivity index (χ0v) is 16.6. The number of carbonyl (C=O) groups is 1. The van der Waals surface area contributed by atoms with Crippen LogP contribution in [0, 0.1) is 0 Å². The number of aromatic nitrogens is 1. The van der Waals surface area contributed by atoms with E-state index in [1.807, 2.05) is 30.3 Å². The van der Waals surface area contributed by atoms with Gasteiger partial charge in [0.25, 0.3) is 0 Å². The highest BCUT2D eigenvalue weighted by Gasteiger charge is 2.26. The molecule has 0 radical (unpaired) electrons. The molecule has 1 saturated heterocycles. The fourth-order valence-corrected chi connectivity index (χ4v) is 5.43. The lowest BCUT2D eigenvalue weighted by molar-refractivity contribution is -0.115. The summed E-state index contributed by atoms with van der Waals surface area (Å²) in [6, 6.07) is 14.3. The van der Waals surface area contributed by atoms with Crippen LogP contribution in [0.15, 0.2) is 53.4 Å². The molecule has 4 rings (SSSR count). The summed E-state index contributed by atoms with van der Waals surface area (Å²) in [5.41, 5.74) is 1.57. The molecule has 1 aliphatic heterocycles. The number of hydrogen-bond donors (Lipinski definition) is 1. The zero-order valence-electron chi connectivity index (χ0n) is 15.0. The number of anilines is 1. The predicted octanol–water partition coefficient (Wildman–Crippen LogP) is 2.50. The van der Waals surface area contributed by atoms with E-state index in [1.54, 1.807) is 18.2 Å². The number of thiazole rings is 1. The summed E-state index contributed by atoms with van der Waals surface area (Å²) in [7, 11) is -3.56. The first kappa shape index (κ1) is 19.0. The summed E-state index contributed by atoms with van der Waals surface area (Å²) in [6.07, 6.45) is 0.257. The van der Waals surface area contributed by atoms with Crippen molar-refractivity contribution in [3.05, 3.63) is 54.1 Å². The number of carbonyl (C=O) groups excluding carboxylic acids is 1. The van der Waals surface area contributed by atoms with Crippen molar-refractivity contribution in [2.75, 3.05) is 31.6 Å². The number of sulfonamides is 1. The van der Waals surface area contributed by atoms with Gasteiger partial charge in [0.1, 0.15) is 0 Å². The lowest BCUT2D eigenvalue weighted by Gasteiger charge is -2.25. The van der Waals surface area contributed by atoms with Crippen LogP contribution >= 0.6 is 11.3 Å². The van der Waals surface area contributed by atoms with Gasteiger partial charge in [-0.25, -0.2) is 13.4 Å². The number of nitrogens with one attached hydrogen (secondary N) is 1. The fourth-order valence-electron chi connectivity index (χ4n) is 3.00. The second-order valence-electron chi connectivity index (χ2n) is 6.38. The number of hydrogen-bond acceptors (Lipinski definition) is 6. The normalized spacial score (nSPS) is 15.6. The number of amides is 1. The van der Waals surface area contributed by atoms with Gasteiger partial charge in [-0.15, -0.1) is 0 Å². The molecule has 1 fully saturated rings. The number of benzene rings is 2. The van der Waals surface area contributed by atoms with E-state index in [1.165, 1.54) is 15.6 Å². The molecule has 1 N–H and O–H groups in total. The molecule has 0 spiro atoms. The molecule has 0 unspecified atom stereocenters. The molecule has 1 aliphatic rings. The molecule has 0 atom stereocenters. The van der Waals surface area contributed by atoms with Crippen molar-refractivity contribution in [2.24, 2.45) is 0 Å². The number of ether oxygens (including phenoxy) is 1. The van der Waals surface area contributed by atoms with E-state index in [0.29, 0.717) is 41.7 Å². The third-order valence-electron chi connectivity index (χ3n) is 4.42. The number of rotatable bonds is 5. The Morgan fingerprint density at radius 2 is 1.89 bits per heavy atom. The van der Waals surface area contributed by atoms with Gasteiger partial charge >= 0.3 is 0 Å². The van der Waals surface area contributed by atoms with Crippen LogP contribution in [-0.2, 0) is 26.0 Å². The second-order valence-corrected chi connectivity index (χ2v) is 9.34. The van der Waals surface area contributed by atoms with E-state index in [-0.39, 0.29) is 17.2 Å². The maximum atomic E-state index is 12.8. The van der Waals surface area contributed by atoms with E-state index < -0.39 is 10.0 Å². The van der Waals surface area contributed by atoms with Crippen LogP contribution in [0.3, 0.4) is 0 Å². The third-order valence-corrected chi connectivity index (χ3v) is 7.25. The van der Waals surface area contributed by atoms with Crippen LogP contribution in [0.1, 0.15) is 5.56 Å². The van der Waals surface area contributed by atoms with Gasteiger partial charge in [0.05, 0.1) is 34.7 Å². The van der Waals surface area contributed by atoms with Crippen LogP contribution in [0.4, 0.5) is 5.13 Å². The van der Waals surface area contributed by atoms with Crippen LogP contribution in [-0.4, -0.2) is 49.9 Å². The highest BCUT2D eigenvalue weighted by molar-refractivity contribution is 7.89. The Hall–Kier alpha value is -2.33. The number of nitrogens with zero attached hydrogens (tertiary/aromatic N) is 2. The molecule has 9 heteroatoms. The molecule has 28 heavy (non-hydrogen) atoms. The summed E-state index contributed by atoms with van der Waals surface area (Å²) < 4.78 is 33.0. The van der Waals surface area contributed by atoms with Gasteiger partial charge in [-0.1, -0.05) is 41.7 Å². The maximum Gasteiger partial charge on any atom is 0.243 e. The summed E-state index contributed by atoms with van der Waals surface area (Å²) >= 11 is 1.26. The van der Waals surface area contributed by atoms with Crippen molar-refractivity contribution in [3.63, 3.8) is 0 Å². The van der Waals surface area contributed by atoms with Crippen molar-refractivity contribution in [3.8, 4) is 0 Å². The smallest absolute Gasteiger partial charge is 0.243 e. The Bertz CT molecular complexity index is 1090. The molecule has 7 nitrogen and oxygen atoms in total. The van der Waals surface area contributed by atoms with Crippen molar-refractivity contribution < 1.29 is 17.9 Å². The lowest BCUT2D eigenvalue weighted by Crippen LogP contribution is -2.40. The van der Waals surface area contributed by atoms with Crippen LogP contribution in [0.2, 0.25) is 0 Å². The Morgan fingerprint density at radius 3 is 2.64 bits per heavy atom. The lowest BCUT2D eigenvalue weighted by atomic mass is 10.1. The van der Waals surface area contributed by atoms with E-state index >= 15 is 0 Å². The molecule has 1 aromatic heterocycles. The second kappa shape index (κ2) is 7.96. The van der Waals surface area contributed by atoms with Gasteiger partial charge in [-0.05, 0) is 23.8 Å². The SMILES string of the molecule is O=C(Cc1ccccc1)Nc1nc2ccc(S(=O)(=O)N3CCOCC3)cc2s1. The molecule has 0 bridgehead atoms. The zero-order chi connectivity index (χ0) is 19.6. The standard InChI is InChI=1S/C19H19N3O4S2/c23-18(12-14-4-2-1-3-5-14)21-19-20-16-7-6-15(13-17(16)27-19)28(24,25)22-8-10-26-11-9-22/h1-7,13H,8-12H2,(H,20,21,23). The molecule has 0 aliphatic carbocycles. The highest BCUT2D eigenvalue weighted by atomic mass is 32.2. The molecule has 3 aromatic rings. The first-order valence-corrected chi connectivity index (χ1v) is 11.1. The summed E-state index contributed by atoms with van der Waals surface area (Å²) in [5.74, 6) is -0.161. The van der Waals surface area contributed by atoms with Crippen LogP contribution < -0.4 is 5.32 Å². The van der Waals surface area contributed by atoms with Crippen molar-refractivity contribution >= 4 is 42.6 Å². The molecule has 2 heterocycles. The molecule has 146 valence electrons. The van der Waals surface area contributed by atoms with Crippen LogP contribution in [0.25, 0.3) is 10.2 Å². The summed E-state index contributed by atoms with van der Waals surface area (Å²) in [5, 5.41) is 3.25. The molecule has 1 amide bonds. The Balaban J connectivity index is 1.52. The Labute approximate surface area is 167 Å². The molecule has 0 saturated carbocycles. The van der Waals surface area contributed by atoms with Crippen molar-refractivity contribution in [2.45, 2.75) is 11.3 Å². The fraction of sp³-hybridized carbons (Fsp3) is 0.263. The highest BCUT2D eigenvalue weighted by Crippen LogP contribution is 2.29. The topological polar surface area (TPSA) is 88.6 Å². The Kier molecular flexibility index (Phi) is 5.40. The first-order valence-electron chi connectivity index (χ1n) is 8.85. The van der Waals surface area contributed by atoms with Gasteiger partial charge < -0.3 is 10.1 Å². The quantitative estimate of drug-likeness (QED) is 0.689. The molecular weight excluding hydrogens is 398 g/mol. The van der Waals surface area contributed by atoms with E-state index in [9.17, 15) is 13.2 Å². The summed E-state index contributed by atoms with van der Waals surface area (Å²) in [6.45, 7) is 1.51. The average Bonchev–Trinajstić information content (AvgIpc) is 3.10. The van der Waals surface area contributed by atoms with Crippen molar-refractivity contribution in [1.29, 1.82) is 0 Å². The molecular formula is C19H19N3O4S2. The third kappa shape index (κ3) is 4.07. The number of fused-ring (bicyclic) bond motifs is 1. The van der Waals surface area contributed by atoms with Gasteiger partial charge in [0, 0.05) is 13.1 Å². The van der Waals surface area contributed by atoms with Gasteiger partial charge in [0.15, 0.2) is 5.13 Å². The van der Waals surface area contributed by atoms with E-state index in [0.717, 1.165) is 5.56 Å². The van der Waals surface area contributed by atoms with Crippen LogP contribution in [0.5, 0.6) is 0 Å². The maximum absolute atomic E-state index is 12.8. The minimum atomic E-state index is -3.56. The first-order chi connectivity index (χ1) is 13.5. The summed E-state index contributed by atoms with van der Waals surface area (Å²) in [4.78, 5) is 16.9. The molecule has 2 aromatic carbocycles. The van der Waals surface area contributed by atoms with Crippen molar-refractivity contribution in [1.82, 2.24) is 9.29 Å². The minimum Gasteiger partial charge on any atom is -0.379 e. The van der Waals surface area contributed by atoms with Gasteiger partial charge in [-0.2, -0.15) is 4.31 Å². The largest absolute Gasteiger partial charge is 0.379 e. The van der Waals surface area contributed by atoms with Gasteiger partial charge in [-0.3, -0.25) is 4.79 Å². The van der Waals surface area contributed by atoms with Gasteiger partial charge in [0.2, 0.25) is 15.9 Å².